The van der Waals surface area contributed by atoms with Crippen molar-refractivity contribution < 1.29 is 4.74 Å². The maximum Gasteiger partial charge on any atom is 0.128 e. The Labute approximate surface area is 131 Å². The highest BCUT2D eigenvalue weighted by Crippen LogP contribution is 2.23. The summed E-state index contributed by atoms with van der Waals surface area (Å²) in [6.45, 7) is 6.29. The number of benzene rings is 2. The second kappa shape index (κ2) is 6.24. The third-order valence-corrected chi connectivity index (χ3v) is 3.98. The van der Waals surface area contributed by atoms with E-state index in [-0.39, 0.29) is 0 Å². The van der Waals surface area contributed by atoms with Crippen LogP contribution in [-0.2, 0) is 19.7 Å². The summed E-state index contributed by atoms with van der Waals surface area (Å²) in [7, 11) is 0. The molecule has 3 nitrogen and oxygen atoms in total. The Morgan fingerprint density at radius 2 is 1.95 bits per heavy atom. The number of ether oxygens (including phenoxy) is 1. The Morgan fingerprint density at radius 3 is 2.68 bits per heavy atom. The molecule has 2 aromatic carbocycles. The molecule has 0 amide bonds. The van der Waals surface area contributed by atoms with Gasteiger partial charge in [-0.3, -0.25) is 0 Å². The molecule has 22 heavy (non-hydrogen) atoms. The van der Waals surface area contributed by atoms with E-state index in [9.17, 15) is 0 Å². The van der Waals surface area contributed by atoms with Gasteiger partial charge >= 0.3 is 0 Å². The molecule has 3 heteroatoms. The SMILES string of the molecule is CCn1c(COc2cccc(C)c2)cc2ccc(CN)cc21. The minimum absolute atomic E-state index is 0.569. The van der Waals surface area contributed by atoms with Crippen molar-refractivity contribution >= 4 is 10.9 Å². The fourth-order valence-corrected chi connectivity index (χ4v) is 2.84. The van der Waals surface area contributed by atoms with E-state index in [1.54, 1.807) is 0 Å². The van der Waals surface area contributed by atoms with Gasteiger partial charge in [0.25, 0.3) is 0 Å². The van der Waals surface area contributed by atoms with Crippen LogP contribution in [0.25, 0.3) is 10.9 Å². The van der Waals surface area contributed by atoms with Gasteiger partial charge in [0.2, 0.25) is 0 Å². The first-order chi connectivity index (χ1) is 10.7. The van der Waals surface area contributed by atoms with Crippen molar-refractivity contribution in [1.29, 1.82) is 0 Å². The smallest absolute Gasteiger partial charge is 0.128 e. The van der Waals surface area contributed by atoms with Gasteiger partial charge in [-0.2, -0.15) is 0 Å². The molecule has 2 N–H and O–H groups in total. The summed E-state index contributed by atoms with van der Waals surface area (Å²) in [4.78, 5) is 0. The van der Waals surface area contributed by atoms with Crippen molar-refractivity contribution in [3.8, 4) is 5.75 Å². The minimum atomic E-state index is 0.569. The van der Waals surface area contributed by atoms with Gasteiger partial charge in [-0.05, 0) is 49.2 Å². The van der Waals surface area contributed by atoms with Crippen LogP contribution in [0.4, 0.5) is 0 Å². The van der Waals surface area contributed by atoms with E-state index < -0.39 is 0 Å². The first-order valence-corrected chi connectivity index (χ1v) is 7.72. The number of nitrogens with zero attached hydrogens (tertiary/aromatic N) is 1. The number of hydrogen-bond acceptors (Lipinski definition) is 2. The summed E-state index contributed by atoms with van der Waals surface area (Å²) < 4.78 is 8.25. The molecule has 0 unspecified atom stereocenters. The molecule has 3 aromatic rings. The van der Waals surface area contributed by atoms with Gasteiger partial charge in [0.05, 0.1) is 5.69 Å². The number of fused-ring (bicyclic) bond motifs is 1. The standard InChI is InChI=1S/C19H22N2O/c1-3-21-17(13-22-18-6-4-5-14(2)9-18)11-16-8-7-15(12-20)10-19(16)21/h4-11H,3,12-13,20H2,1-2H3. The van der Waals surface area contributed by atoms with Crippen LogP contribution in [-0.4, -0.2) is 4.57 Å². The highest BCUT2D eigenvalue weighted by molar-refractivity contribution is 5.82. The van der Waals surface area contributed by atoms with Gasteiger partial charge in [0.1, 0.15) is 12.4 Å². The van der Waals surface area contributed by atoms with Crippen LogP contribution in [0.1, 0.15) is 23.7 Å². The minimum Gasteiger partial charge on any atom is -0.487 e. The molecule has 114 valence electrons. The Hall–Kier alpha value is -2.26. The number of aromatic nitrogens is 1. The number of nitrogens with two attached hydrogens (primary N) is 1. The van der Waals surface area contributed by atoms with Gasteiger partial charge < -0.3 is 15.0 Å². The second-order valence-electron chi connectivity index (χ2n) is 5.58. The molecule has 0 atom stereocenters. The normalized spacial score (nSPS) is 11.0. The summed E-state index contributed by atoms with van der Waals surface area (Å²) in [5, 5.41) is 1.24. The van der Waals surface area contributed by atoms with Gasteiger partial charge in [0.15, 0.2) is 0 Å². The number of aryl methyl sites for hydroxylation is 2. The highest BCUT2D eigenvalue weighted by atomic mass is 16.5. The average molecular weight is 294 g/mol. The predicted octanol–water partition coefficient (Wildman–Crippen LogP) is 4.01. The molecule has 1 heterocycles. The molecule has 0 aliphatic rings. The van der Waals surface area contributed by atoms with E-state index in [1.807, 2.05) is 12.1 Å². The lowest BCUT2D eigenvalue weighted by Gasteiger charge is -2.10. The molecule has 0 spiro atoms. The van der Waals surface area contributed by atoms with Crippen LogP contribution in [0.5, 0.6) is 5.75 Å². The quantitative estimate of drug-likeness (QED) is 0.772. The zero-order valence-electron chi connectivity index (χ0n) is 13.2. The van der Waals surface area contributed by atoms with Crippen LogP contribution in [0.3, 0.4) is 0 Å². The highest BCUT2D eigenvalue weighted by Gasteiger charge is 2.09. The Balaban J connectivity index is 1.90. The van der Waals surface area contributed by atoms with Gasteiger partial charge in [-0.15, -0.1) is 0 Å². The third-order valence-electron chi connectivity index (χ3n) is 3.98. The van der Waals surface area contributed by atoms with Crippen molar-refractivity contribution in [2.45, 2.75) is 33.5 Å². The molecule has 1 aromatic heterocycles. The van der Waals surface area contributed by atoms with E-state index >= 15 is 0 Å². The second-order valence-corrected chi connectivity index (χ2v) is 5.58. The van der Waals surface area contributed by atoms with Crippen LogP contribution in [0.15, 0.2) is 48.5 Å². The Morgan fingerprint density at radius 1 is 1.09 bits per heavy atom. The molecule has 0 fully saturated rings. The van der Waals surface area contributed by atoms with E-state index in [2.05, 4.69) is 54.8 Å². The molecule has 3 rings (SSSR count). The summed E-state index contributed by atoms with van der Waals surface area (Å²) >= 11 is 0. The van der Waals surface area contributed by atoms with Gasteiger partial charge in [-0.25, -0.2) is 0 Å². The molecule has 0 bridgehead atoms. The fourth-order valence-electron chi connectivity index (χ4n) is 2.84. The topological polar surface area (TPSA) is 40.2 Å². The Bertz CT molecular complexity index is 789. The van der Waals surface area contributed by atoms with E-state index in [0.29, 0.717) is 13.2 Å². The lowest BCUT2D eigenvalue weighted by Crippen LogP contribution is -2.05. The summed E-state index contributed by atoms with van der Waals surface area (Å²) in [6.07, 6.45) is 0. The van der Waals surface area contributed by atoms with Crippen LogP contribution in [0.2, 0.25) is 0 Å². The number of hydrogen-bond donors (Lipinski definition) is 1. The van der Waals surface area contributed by atoms with Crippen molar-refractivity contribution in [3.63, 3.8) is 0 Å². The predicted molar refractivity (Wildman–Crippen MR) is 91.0 cm³/mol. The third kappa shape index (κ3) is 2.85. The molecule has 0 radical (unpaired) electrons. The van der Waals surface area contributed by atoms with Crippen LogP contribution >= 0.6 is 0 Å². The molecular weight excluding hydrogens is 272 g/mol. The zero-order chi connectivity index (χ0) is 15.5. The van der Waals surface area contributed by atoms with Gasteiger partial charge in [-0.1, -0.05) is 24.3 Å². The van der Waals surface area contributed by atoms with Gasteiger partial charge in [0, 0.05) is 24.0 Å². The van der Waals surface area contributed by atoms with Crippen LogP contribution in [0, 0.1) is 6.92 Å². The maximum absolute atomic E-state index is 5.96. The molecule has 0 aliphatic carbocycles. The maximum atomic E-state index is 5.96. The number of rotatable bonds is 5. The lowest BCUT2D eigenvalue weighted by molar-refractivity contribution is 0.296. The molecule has 0 aliphatic heterocycles. The fraction of sp³-hybridized carbons (Fsp3) is 0.263. The summed E-state index contributed by atoms with van der Waals surface area (Å²) in [5.41, 5.74) is 10.5. The van der Waals surface area contributed by atoms with Crippen molar-refractivity contribution in [1.82, 2.24) is 4.57 Å². The van der Waals surface area contributed by atoms with Crippen molar-refractivity contribution in [2.24, 2.45) is 5.73 Å². The van der Waals surface area contributed by atoms with E-state index in [1.165, 1.54) is 22.2 Å². The van der Waals surface area contributed by atoms with Crippen LogP contribution < -0.4 is 10.5 Å². The zero-order valence-corrected chi connectivity index (χ0v) is 13.2. The van der Waals surface area contributed by atoms with Crippen molar-refractivity contribution in [2.75, 3.05) is 0 Å². The largest absolute Gasteiger partial charge is 0.487 e. The van der Waals surface area contributed by atoms with Crippen molar-refractivity contribution in [3.05, 3.63) is 65.4 Å². The summed E-state index contributed by atoms with van der Waals surface area (Å²) in [5.74, 6) is 0.913. The molecular formula is C19H22N2O. The summed E-state index contributed by atoms with van der Waals surface area (Å²) in [6, 6.07) is 16.8. The first-order valence-electron chi connectivity index (χ1n) is 7.72. The van der Waals surface area contributed by atoms with E-state index in [4.69, 9.17) is 10.5 Å². The Kier molecular flexibility index (Phi) is 4.16. The molecule has 0 saturated heterocycles. The molecule has 0 saturated carbocycles. The lowest BCUT2D eigenvalue weighted by atomic mass is 10.1. The van der Waals surface area contributed by atoms with E-state index in [0.717, 1.165) is 17.9 Å². The average Bonchev–Trinajstić information content (AvgIpc) is 2.89. The first kappa shape index (κ1) is 14.7. The monoisotopic (exact) mass is 294 g/mol.